The predicted molar refractivity (Wildman–Crippen MR) is 50.8 cm³/mol. The maximum atomic E-state index is 6.16. The van der Waals surface area contributed by atoms with Crippen LogP contribution in [0.1, 0.15) is 42.2 Å². The van der Waals surface area contributed by atoms with Crippen molar-refractivity contribution in [1.82, 2.24) is 0 Å². The van der Waals surface area contributed by atoms with Gasteiger partial charge in [-0.15, -0.1) is 0 Å². The Labute approximate surface area is 77.5 Å². The molecule has 1 heteroatoms. The van der Waals surface area contributed by atoms with E-state index in [4.69, 9.17) is 11.6 Å². The summed E-state index contributed by atoms with van der Waals surface area (Å²) in [4.78, 5) is 0. The lowest BCUT2D eigenvalue weighted by Crippen LogP contribution is -1.97. The van der Waals surface area contributed by atoms with Gasteiger partial charge in [0.05, 0.1) is 0 Å². The number of fused-ring (bicyclic) bond motifs is 5. The monoisotopic (exact) mass is 178 g/mol. The fraction of sp³-hybridized carbons (Fsp3) is 0.455. The molecular weight excluding hydrogens is 168 g/mol. The molecule has 1 saturated carbocycles. The second kappa shape index (κ2) is 2.26. The Balaban J connectivity index is 2.26. The molecule has 0 spiro atoms. The summed E-state index contributed by atoms with van der Waals surface area (Å²) in [5.74, 6) is 1.63. The molecule has 0 radical (unpaired) electrons. The third-order valence-electron chi connectivity index (χ3n) is 3.37. The van der Waals surface area contributed by atoms with Crippen LogP contribution in [0.4, 0.5) is 0 Å². The third kappa shape index (κ3) is 0.740. The van der Waals surface area contributed by atoms with Gasteiger partial charge in [-0.2, -0.15) is 0 Å². The van der Waals surface area contributed by atoms with E-state index in [0.29, 0.717) is 0 Å². The molecule has 2 unspecified atom stereocenters. The van der Waals surface area contributed by atoms with Crippen molar-refractivity contribution in [2.24, 2.45) is 0 Å². The van der Waals surface area contributed by atoms with E-state index in [0.717, 1.165) is 16.9 Å². The fourth-order valence-electron chi connectivity index (χ4n) is 2.87. The normalized spacial score (nSPS) is 30.8. The van der Waals surface area contributed by atoms with Crippen LogP contribution in [0.25, 0.3) is 0 Å². The summed E-state index contributed by atoms with van der Waals surface area (Å²) >= 11 is 6.16. The lowest BCUT2D eigenvalue weighted by atomic mass is 9.92. The van der Waals surface area contributed by atoms with Crippen LogP contribution in [0.3, 0.4) is 0 Å². The van der Waals surface area contributed by atoms with E-state index in [2.05, 4.69) is 12.1 Å². The van der Waals surface area contributed by atoms with Crippen molar-refractivity contribution < 1.29 is 0 Å². The fourth-order valence-corrected chi connectivity index (χ4v) is 3.20. The second-order valence-corrected chi connectivity index (χ2v) is 4.36. The van der Waals surface area contributed by atoms with Crippen LogP contribution in [-0.2, 0) is 0 Å². The zero-order valence-corrected chi connectivity index (χ0v) is 7.64. The van der Waals surface area contributed by atoms with Gasteiger partial charge in [-0.25, -0.2) is 0 Å². The van der Waals surface area contributed by atoms with Crippen LogP contribution < -0.4 is 0 Å². The molecule has 0 saturated heterocycles. The molecule has 0 nitrogen and oxygen atoms in total. The van der Waals surface area contributed by atoms with Gasteiger partial charge in [0.1, 0.15) is 0 Å². The Morgan fingerprint density at radius 1 is 1.17 bits per heavy atom. The number of hydrogen-bond donors (Lipinski definition) is 0. The highest BCUT2D eigenvalue weighted by molar-refractivity contribution is 6.31. The van der Waals surface area contributed by atoms with Crippen LogP contribution >= 0.6 is 11.6 Å². The SMILES string of the molecule is Clc1cccc2c1C1CCC2C1. The first-order valence-electron chi connectivity index (χ1n) is 4.64. The average Bonchev–Trinajstić information content (AvgIpc) is 2.64. The molecular formula is C11H11Cl. The topological polar surface area (TPSA) is 0 Å². The highest BCUT2D eigenvalue weighted by atomic mass is 35.5. The van der Waals surface area contributed by atoms with Gasteiger partial charge in [-0.1, -0.05) is 23.7 Å². The average molecular weight is 179 g/mol. The van der Waals surface area contributed by atoms with Crippen molar-refractivity contribution in [3.63, 3.8) is 0 Å². The quantitative estimate of drug-likeness (QED) is 0.568. The number of rotatable bonds is 0. The van der Waals surface area contributed by atoms with E-state index in [1.807, 2.05) is 6.07 Å². The highest BCUT2D eigenvalue weighted by Gasteiger charge is 2.37. The molecule has 62 valence electrons. The summed E-state index contributed by atoms with van der Waals surface area (Å²) < 4.78 is 0. The summed E-state index contributed by atoms with van der Waals surface area (Å²) in [5.41, 5.74) is 3.01. The van der Waals surface area contributed by atoms with Crippen molar-refractivity contribution in [3.8, 4) is 0 Å². The van der Waals surface area contributed by atoms with Crippen LogP contribution in [-0.4, -0.2) is 0 Å². The molecule has 2 bridgehead atoms. The molecule has 0 aliphatic heterocycles. The van der Waals surface area contributed by atoms with E-state index < -0.39 is 0 Å². The van der Waals surface area contributed by atoms with Gasteiger partial charge >= 0.3 is 0 Å². The maximum Gasteiger partial charge on any atom is 0.0443 e. The van der Waals surface area contributed by atoms with Gasteiger partial charge in [0.15, 0.2) is 0 Å². The first kappa shape index (κ1) is 6.97. The smallest absolute Gasteiger partial charge is 0.0443 e. The van der Waals surface area contributed by atoms with Gasteiger partial charge in [-0.3, -0.25) is 0 Å². The second-order valence-electron chi connectivity index (χ2n) is 3.95. The molecule has 12 heavy (non-hydrogen) atoms. The number of hydrogen-bond acceptors (Lipinski definition) is 0. The van der Waals surface area contributed by atoms with E-state index in [1.165, 1.54) is 24.8 Å². The Bertz CT molecular complexity index is 330. The van der Waals surface area contributed by atoms with Gasteiger partial charge < -0.3 is 0 Å². The molecule has 1 aromatic carbocycles. The number of halogens is 1. The summed E-state index contributed by atoms with van der Waals surface area (Å²) in [6.45, 7) is 0. The van der Waals surface area contributed by atoms with Crippen LogP contribution in [0, 0.1) is 0 Å². The van der Waals surface area contributed by atoms with E-state index in [9.17, 15) is 0 Å². The minimum Gasteiger partial charge on any atom is -0.0840 e. The molecule has 3 rings (SSSR count). The predicted octanol–water partition coefficient (Wildman–Crippen LogP) is 3.70. The van der Waals surface area contributed by atoms with Crippen molar-refractivity contribution in [3.05, 3.63) is 34.3 Å². The number of benzene rings is 1. The van der Waals surface area contributed by atoms with E-state index >= 15 is 0 Å². The van der Waals surface area contributed by atoms with Gasteiger partial charge in [-0.05, 0) is 48.3 Å². The molecule has 0 N–H and O–H groups in total. The van der Waals surface area contributed by atoms with Crippen molar-refractivity contribution >= 4 is 11.6 Å². The zero-order chi connectivity index (χ0) is 8.13. The Kier molecular flexibility index (Phi) is 1.31. The molecule has 1 fully saturated rings. The largest absolute Gasteiger partial charge is 0.0840 e. The van der Waals surface area contributed by atoms with Gasteiger partial charge in [0.2, 0.25) is 0 Å². The molecule has 0 aromatic heterocycles. The first-order valence-corrected chi connectivity index (χ1v) is 5.02. The summed E-state index contributed by atoms with van der Waals surface area (Å²) in [6, 6.07) is 6.37. The van der Waals surface area contributed by atoms with Crippen molar-refractivity contribution in [2.75, 3.05) is 0 Å². The molecule has 1 aromatic rings. The Hall–Kier alpha value is -0.490. The highest BCUT2D eigenvalue weighted by Crippen LogP contribution is 2.54. The van der Waals surface area contributed by atoms with E-state index in [-0.39, 0.29) is 0 Å². The van der Waals surface area contributed by atoms with Gasteiger partial charge in [0, 0.05) is 5.02 Å². The van der Waals surface area contributed by atoms with Crippen molar-refractivity contribution in [2.45, 2.75) is 31.1 Å². The van der Waals surface area contributed by atoms with Gasteiger partial charge in [0.25, 0.3) is 0 Å². The summed E-state index contributed by atoms with van der Waals surface area (Å²) in [7, 11) is 0. The molecule has 2 atom stereocenters. The minimum absolute atomic E-state index is 0.790. The Morgan fingerprint density at radius 2 is 2.00 bits per heavy atom. The van der Waals surface area contributed by atoms with Crippen molar-refractivity contribution in [1.29, 1.82) is 0 Å². The zero-order valence-electron chi connectivity index (χ0n) is 6.89. The van der Waals surface area contributed by atoms with E-state index in [1.54, 1.807) is 5.56 Å². The van der Waals surface area contributed by atoms with Crippen LogP contribution in [0.5, 0.6) is 0 Å². The first-order chi connectivity index (χ1) is 5.86. The van der Waals surface area contributed by atoms with Crippen LogP contribution in [0.2, 0.25) is 5.02 Å². The maximum absolute atomic E-state index is 6.16. The standard InChI is InChI=1S/C11H11Cl/c12-10-3-1-2-9-7-4-5-8(6-7)11(9)10/h1-3,7-8H,4-6H2. The third-order valence-corrected chi connectivity index (χ3v) is 3.70. The Morgan fingerprint density at radius 3 is 2.83 bits per heavy atom. The molecule has 0 heterocycles. The molecule has 2 aliphatic carbocycles. The summed E-state index contributed by atoms with van der Waals surface area (Å²) in [6.07, 6.45) is 4.11. The minimum atomic E-state index is 0.790. The molecule has 0 amide bonds. The summed E-state index contributed by atoms with van der Waals surface area (Å²) in [5, 5.41) is 1.000. The molecule has 2 aliphatic rings. The lowest BCUT2D eigenvalue weighted by Gasteiger charge is -2.15. The lowest BCUT2D eigenvalue weighted by molar-refractivity contribution is 0.717. The van der Waals surface area contributed by atoms with Crippen LogP contribution in [0.15, 0.2) is 18.2 Å².